The highest BCUT2D eigenvalue weighted by Crippen LogP contribution is 2.39. The number of aromatic nitrogens is 2. The fraction of sp³-hybridized carbons (Fsp3) is 0.706. The minimum atomic E-state index is -0.326. The van der Waals surface area contributed by atoms with Crippen LogP contribution in [0.25, 0.3) is 0 Å². The molecule has 1 aromatic rings. The monoisotopic (exact) mass is 462 g/mol. The smallest absolute Gasteiger partial charge is 0.230 e. The zero-order valence-electron chi connectivity index (χ0n) is 15.5. The lowest BCUT2D eigenvalue weighted by atomic mass is 9.85. The van der Waals surface area contributed by atoms with E-state index in [2.05, 4.69) is 15.7 Å². The molecule has 1 amide bonds. The van der Waals surface area contributed by atoms with Gasteiger partial charge in [-0.05, 0) is 25.8 Å². The fourth-order valence-electron chi connectivity index (χ4n) is 3.26. The molecule has 0 bridgehead atoms. The molecule has 1 fully saturated rings. The largest absolute Gasteiger partial charge is 0.357 e. The normalized spacial score (nSPS) is 16.2. The Labute approximate surface area is 167 Å². The van der Waals surface area contributed by atoms with Gasteiger partial charge in [-0.15, -0.1) is 24.0 Å². The molecule has 0 aliphatic heterocycles. The highest BCUT2D eigenvalue weighted by molar-refractivity contribution is 14.0. The summed E-state index contributed by atoms with van der Waals surface area (Å²) in [6, 6.07) is 1.91. The molecule has 0 radical (unpaired) electrons. The molecule has 1 heterocycles. The van der Waals surface area contributed by atoms with Gasteiger partial charge in [0, 0.05) is 39.6 Å². The van der Waals surface area contributed by atoms with Gasteiger partial charge in [-0.1, -0.05) is 12.8 Å². The minimum absolute atomic E-state index is 0. The Bertz CT molecular complexity index is 537. The molecule has 2 rings (SSSR count). The van der Waals surface area contributed by atoms with Crippen LogP contribution in [0, 0.1) is 5.41 Å². The van der Waals surface area contributed by atoms with Crippen molar-refractivity contribution < 1.29 is 4.79 Å². The first-order chi connectivity index (χ1) is 11.6. The van der Waals surface area contributed by atoms with E-state index in [9.17, 15) is 4.79 Å². The zero-order valence-corrected chi connectivity index (χ0v) is 17.8. The summed E-state index contributed by atoms with van der Waals surface area (Å²) in [7, 11) is 3.67. The van der Waals surface area contributed by atoms with Crippen LogP contribution in [-0.2, 0) is 11.3 Å². The summed E-state index contributed by atoms with van der Waals surface area (Å²) >= 11 is 0. The van der Waals surface area contributed by atoms with Crippen LogP contribution < -0.4 is 10.6 Å². The van der Waals surface area contributed by atoms with Crippen molar-refractivity contribution in [1.82, 2.24) is 25.3 Å². The molecule has 8 heteroatoms. The van der Waals surface area contributed by atoms with Gasteiger partial charge in [0.05, 0.1) is 18.5 Å². The van der Waals surface area contributed by atoms with Crippen molar-refractivity contribution in [2.45, 2.75) is 39.2 Å². The summed E-state index contributed by atoms with van der Waals surface area (Å²) in [4.78, 5) is 19.0. The van der Waals surface area contributed by atoms with Crippen molar-refractivity contribution >= 4 is 35.8 Å². The summed E-state index contributed by atoms with van der Waals surface area (Å²) in [6.45, 7) is 4.89. The molecule has 0 spiro atoms. The van der Waals surface area contributed by atoms with Crippen molar-refractivity contribution in [3.8, 4) is 0 Å². The number of hydrogen-bond acceptors (Lipinski definition) is 3. The summed E-state index contributed by atoms with van der Waals surface area (Å²) in [6.07, 6.45) is 7.79. The third kappa shape index (κ3) is 6.16. The zero-order chi connectivity index (χ0) is 17.4. The molecule has 0 atom stereocenters. The Morgan fingerprint density at radius 2 is 2.04 bits per heavy atom. The van der Waals surface area contributed by atoms with Gasteiger partial charge in [0.2, 0.25) is 5.91 Å². The Hall–Kier alpha value is -1.32. The Balaban J connectivity index is 0.00000312. The van der Waals surface area contributed by atoms with Crippen LogP contribution >= 0.6 is 24.0 Å². The molecule has 1 aromatic heterocycles. The molecule has 1 aliphatic rings. The molecular weight excluding hydrogens is 431 g/mol. The van der Waals surface area contributed by atoms with Gasteiger partial charge < -0.3 is 15.5 Å². The van der Waals surface area contributed by atoms with Gasteiger partial charge in [0.15, 0.2) is 5.96 Å². The van der Waals surface area contributed by atoms with E-state index in [4.69, 9.17) is 4.99 Å². The van der Waals surface area contributed by atoms with Crippen LogP contribution in [-0.4, -0.2) is 60.3 Å². The Morgan fingerprint density at radius 1 is 1.32 bits per heavy atom. The average Bonchev–Trinajstić information content (AvgIpc) is 3.24. The molecule has 1 aliphatic carbocycles. The van der Waals surface area contributed by atoms with Crippen molar-refractivity contribution in [1.29, 1.82) is 0 Å². The van der Waals surface area contributed by atoms with E-state index in [1.54, 1.807) is 11.1 Å². The second-order valence-electron chi connectivity index (χ2n) is 6.58. The number of aliphatic imine (C=N–C) groups is 1. The summed E-state index contributed by atoms with van der Waals surface area (Å²) in [5.74, 6) is 0.971. The maximum atomic E-state index is 12.6. The molecule has 0 saturated heterocycles. The number of nitrogens with zero attached hydrogens (tertiary/aromatic N) is 4. The predicted molar refractivity (Wildman–Crippen MR) is 111 cm³/mol. The van der Waals surface area contributed by atoms with Crippen molar-refractivity contribution in [3.63, 3.8) is 0 Å². The number of amides is 1. The van der Waals surface area contributed by atoms with E-state index in [0.29, 0.717) is 6.54 Å². The van der Waals surface area contributed by atoms with Gasteiger partial charge in [-0.3, -0.25) is 14.5 Å². The molecule has 142 valence electrons. The summed E-state index contributed by atoms with van der Waals surface area (Å²) < 4.78 is 1.88. The number of guanidine groups is 1. The van der Waals surface area contributed by atoms with Crippen LogP contribution in [0.15, 0.2) is 23.5 Å². The van der Waals surface area contributed by atoms with Crippen molar-refractivity contribution in [2.75, 3.05) is 33.7 Å². The fourth-order valence-corrected chi connectivity index (χ4v) is 3.26. The number of halogens is 1. The molecule has 0 aromatic carbocycles. The quantitative estimate of drug-likeness (QED) is 0.368. The van der Waals surface area contributed by atoms with Crippen LogP contribution in [0.4, 0.5) is 0 Å². The number of carbonyl (C=O) groups excluding carboxylic acids is 1. The molecule has 25 heavy (non-hydrogen) atoms. The van der Waals surface area contributed by atoms with E-state index >= 15 is 0 Å². The number of hydrogen-bond donors (Lipinski definition) is 2. The van der Waals surface area contributed by atoms with Gasteiger partial charge in [0.1, 0.15) is 0 Å². The van der Waals surface area contributed by atoms with Gasteiger partial charge in [0.25, 0.3) is 0 Å². The molecular formula is C17H31IN6O. The molecule has 0 unspecified atom stereocenters. The lowest BCUT2D eigenvalue weighted by Crippen LogP contribution is -2.43. The number of nitrogens with one attached hydrogen (secondary N) is 2. The van der Waals surface area contributed by atoms with Crippen LogP contribution in [0.2, 0.25) is 0 Å². The highest BCUT2D eigenvalue weighted by atomic mass is 127. The number of rotatable bonds is 7. The third-order valence-electron chi connectivity index (χ3n) is 4.50. The topological polar surface area (TPSA) is 74.6 Å². The Kier molecular flexibility index (Phi) is 9.23. The molecule has 2 N–H and O–H groups in total. The molecule has 1 saturated carbocycles. The minimum Gasteiger partial charge on any atom is -0.357 e. The maximum absolute atomic E-state index is 12.6. The summed E-state index contributed by atoms with van der Waals surface area (Å²) in [5.41, 5.74) is -0.326. The SMILES string of the molecule is CCNC(=NCC1(C(=O)N(C)C)CCCC1)NCCn1cccn1.I. The highest BCUT2D eigenvalue weighted by Gasteiger charge is 2.41. The van der Waals surface area contributed by atoms with E-state index in [1.165, 1.54) is 0 Å². The average molecular weight is 462 g/mol. The second-order valence-corrected chi connectivity index (χ2v) is 6.58. The second kappa shape index (κ2) is 10.6. The van der Waals surface area contributed by atoms with Gasteiger partial charge >= 0.3 is 0 Å². The summed E-state index contributed by atoms with van der Waals surface area (Å²) in [5, 5.41) is 10.8. The standard InChI is InChI=1S/C17H30N6O.HI/c1-4-18-16(19-11-13-23-12-7-10-21-23)20-14-17(8-5-6-9-17)15(24)22(2)3;/h7,10,12H,4-6,8-9,11,13-14H2,1-3H3,(H2,18,19,20);1H. The first kappa shape index (κ1) is 21.7. The van der Waals surface area contributed by atoms with Gasteiger partial charge in [-0.2, -0.15) is 5.10 Å². The Morgan fingerprint density at radius 3 is 2.60 bits per heavy atom. The lowest BCUT2D eigenvalue weighted by Gasteiger charge is -2.29. The molecule has 7 nitrogen and oxygen atoms in total. The number of carbonyl (C=O) groups is 1. The maximum Gasteiger partial charge on any atom is 0.230 e. The third-order valence-corrected chi connectivity index (χ3v) is 4.50. The lowest BCUT2D eigenvalue weighted by molar-refractivity contribution is -0.138. The first-order valence-electron chi connectivity index (χ1n) is 8.79. The van der Waals surface area contributed by atoms with E-state index < -0.39 is 0 Å². The van der Waals surface area contributed by atoms with Crippen LogP contribution in [0.5, 0.6) is 0 Å². The van der Waals surface area contributed by atoms with E-state index in [0.717, 1.165) is 51.3 Å². The van der Waals surface area contributed by atoms with Crippen LogP contribution in [0.1, 0.15) is 32.6 Å². The van der Waals surface area contributed by atoms with E-state index in [-0.39, 0.29) is 35.3 Å². The predicted octanol–water partition coefficient (Wildman–Crippen LogP) is 1.70. The first-order valence-corrected chi connectivity index (χ1v) is 8.79. The van der Waals surface area contributed by atoms with Gasteiger partial charge in [-0.25, -0.2) is 0 Å². The van der Waals surface area contributed by atoms with Crippen molar-refractivity contribution in [2.24, 2.45) is 10.4 Å². The van der Waals surface area contributed by atoms with Crippen molar-refractivity contribution in [3.05, 3.63) is 18.5 Å². The van der Waals surface area contributed by atoms with Crippen LogP contribution in [0.3, 0.4) is 0 Å². The van der Waals surface area contributed by atoms with E-state index in [1.807, 2.05) is 38.0 Å².